The van der Waals surface area contributed by atoms with Gasteiger partial charge in [0.05, 0.1) is 0 Å². The Morgan fingerprint density at radius 3 is 1.63 bits per heavy atom. The number of pyridine rings is 1. The van der Waals surface area contributed by atoms with Crippen LogP contribution in [0.1, 0.15) is 167 Å². The molecule has 0 bridgehead atoms. The Kier molecular flexibility index (Phi) is 23.7. The molecule has 0 saturated heterocycles. The molecule has 0 aromatic carbocycles. The monoisotopic (exact) mass is 484 g/mol. The van der Waals surface area contributed by atoms with Crippen LogP contribution in [-0.4, -0.2) is 0 Å². The lowest BCUT2D eigenvalue weighted by Crippen LogP contribution is -2.33. The van der Waals surface area contributed by atoms with E-state index in [9.17, 15) is 0 Å². The molecule has 0 atom stereocenters. The van der Waals surface area contributed by atoms with Crippen LogP contribution in [0.2, 0.25) is 0 Å². The van der Waals surface area contributed by atoms with Crippen LogP contribution in [0.3, 0.4) is 0 Å². The second-order valence-electron chi connectivity index (χ2n) is 11.0. The molecule has 1 nitrogen and oxygen atoms in total. The second kappa shape index (κ2) is 26.0. The predicted octanol–water partition coefficient (Wildman–Crippen LogP) is 11.1. The van der Waals surface area contributed by atoms with E-state index in [0.29, 0.717) is 0 Å². The van der Waals surface area contributed by atoms with Gasteiger partial charge in [-0.25, -0.2) is 4.57 Å². The normalized spacial score (nSPS) is 11.6. The van der Waals surface area contributed by atoms with Gasteiger partial charge < -0.3 is 0 Å². The highest BCUT2D eigenvalue weighted by molar-refractivity contribution is 5.05. The third kappa shape index (κ3) is 21.9. The molecule has 0 spiro atoms. The Labute approximate surface area is 221 Å². The zero-order chi connectivity index (χ0) is 25.1. The van der Waals surface area contributed by atoms with Crippen molar-refractivity contribution in [1.29, 1.82) is 0 Å². The summed E-state index contributed by atoms with van der Waals surface area (Å²) in [5, 5.41) is 0. The molecule has 0 aliphatic heterocycles. The van der Waals surface area contributed by atoms with Crippen molar-refractivity contribution in [3.8, 4) is 0 Å². The molecule has 0 aliphatic rings. The van der Waals surface area contributed by atoms with Crippen molar-refractivity contribution >= 4 is 0 Å². The van der Waals surface area contributed by atoms with E-state index in [-0.39, 0.29) is 0 Å². The maximum Gasteiger partial charge on any atom is 0.171 e. The highest BCUT2D eigenvalue weighted by Crippen LogP contribution is 2.13. The van der Waals surface area contributed by atoms with Gasteiger partial charge in [-0.2, -0.15) is 0 Å². The van der Waals surface area contributed by atoms with Gasteiger partial charge in [0, 0.05) is 18.1 Å². The van der Waals surface area contributed by atoms with Crippen molar-refractivity contribution in [2.24, 2.45) is 0 Å². The summed E-state index contributed by atoms with van der Waals surface area (Å²) in [6, 6.07) is 4.58. The first-order valence-corrected chi connectivity index (χ1v) is 16.0. The Morgan fingerprint density at radius 1 is 0.543 bits per heavy atom. The molecule has 0 fully saturated rings. The molecule has 1 rings (SSSR count). The third-order valence-electron chi connectivity index (χ3n) is 7.42. The largest absolute Gasteiger partial charge is 0.205 e. The number of allylic oxidation sites excluding steroid dienone is 2. The number of nitrogens with zero attached hydrogens (tertiary/aromatic N) is 1. The molecule has 0 N–H and O–H groups in total. The van der Waals surface area contributed by atoms with E-state index in [1.807, 2.05) is 0 Å². The maximum atomic E-state index is 2.43. The molecule has 0 radical (unpaired) electrons. The fraction of sp³-hybridized carbons (Fsp3) is 0.794. The van der Waals surface area contributed by atoms with Gasteiger partial charge in [-0.15, -0.1) is 0 Å². The zero-order valence-electron chi connectivity index (χ0n) is 24.1. The Morgan fingerprint density at radius 2 is 1.03 bits per heavy atom. The molecule has 1 heterocycles. The molecule has 0 aliphatic carbocycles. The van der Waals surface area contributed by atoms with Gasteiger partial charge in [-0.1, -0.05) is 135 Å². The molecule has 0 unspecified atom stereocenters. The Bertz CT molecular complexity index is 576. The van der Waals surface area contributed by atoms with Crippen LogP contribution in [0.25, 0.3) is 0 Å². The first-order valence-electron chi connectivity index (χ1n) is 16.0. The summed E-state index contributed by atoms with van der Waals surface area (Å²) >= 11 is 0. The lowest BCUT2D eigenvalue weighted by atomic mass is 10.0. The minimum atomic E-state index is 1.19. The van der Waals surface area contributed by atoms with E-state index in [1.165, 1.54) is 166 Å². The third-order valence-corrected chi connectivity index (χ3v) is 7.42. The van der Waals surface area contributed by atoms with E-state index in [0.717, 1.165) is 0 Å². The first-order chi connectivity index (χ1) is 17.4. The molecule has 202 valence electrons. The minimum Gasteiger partial charge on any atom is -0.205 e. The smallest absolute Gasteiger partial charge is 0.171 e. The van der Waals surface area contributed by atoms with Gasteiger partial charge >= 0.3 is 0 Å². The van der Waals surface area contributed by atoms with Gasteiger partial charge in [0.25, 0.3) is 0 Å². The SMILES string of the molecule is CCCC/C=C\CCCCCCCCCC[n+]1cccc(CCCCCCCCCCCCC)c1. The van der Waals surface area contributed by atoms with Gasteiger partial charge in [0.2, 0.25) is 0 Å². The molecule has 1 aromatic heterocycles. The van der Waals surface area contributed by atoms with Crippen LogP contribution in [0.15, 0.2) is 36.7 Å². The minimum absolute atomic E-state index is 1.19. The fourth-order valence-corrected chi connectivity index (χ4v) is 5.03. The van der Waals surface area contributed by atoms with E-state index < -0.39 is 0 Å². The lowest BCUT2D eigenvalue weighted by Gasteiger charge is -2.04. The van der Waals surface area contributed by atoms with Gasteiger partial charge in [-0.3, -0.25) is 0 Å². The fourth-order valence-electron chi connectivity index (χ4n) is 5.03. The summed E-state index contributed by atoms with van der Waals surface area (Å²) in [5.41, 5.74) is 1.53. The molecular weight excluding hydrogens is 422 g/mol. The molecule has 35 heavy (non-hydrogen) atoms. The summed E-state index contributed by atoms with van der Waals surface area (Å²) in [5.74, 6) is 0. The molecule has 0 saturated carbocycles. The van der Waals surface area contributed by atoms with Crippen molar-refractivity contribution in [3.63, 3.8) is 0 Å². The quantitative estimate of drug-likeness (QED) is 0.0699. The maximum absolute atomic E-state index is 2.43. The predicted molar refractivity (Wildman–Crippen MR) is 157 cm³/mol. The molecular formula is C34H62N+. The molecule has 1 aromatic rings. The number of aryl methyl sites for hydroxylation is 2. The highest BCUT2D eigenvalue weighted by Gasteiger charge is 2.03. The summed E-state index contributed by atoms with van der Waals surface area (Å²) in [6.07, 6.45) is 42.9. The highest BCUT2D eigenvalue weighted by atomic mass is 14.9. The van der Waals surface area contributed by atoms with Crippen LogP contribution >= 0.6 is 0 Å². The van der Waals surface area contributed by atoms with Gasteiger partial charge in [0.1, 0.15) is 6.54 Å². The summed E-state index contributed by atoms with van der Waals surface area (Å²) in [7, 11) is 0. The molecule has 1 heteroatoms. The van der Waals surface area contributed by atoms with E-state index in [2.05, 4.69) is 55.1 Å². The Hall–Kier alpha value is -1.11. The average molecular weight is 485 g/mol. The summed E-state index contributed by atoms with van der Waals surface area (Å²) < 4.78 is 2.43. The van der Waals surface area contributed by atoms with Crippen molar-refractivity contribution in [1.82, 2.24) is 0 Å². The number of hydrogen-bond donors (Lipinski definition) is 0. The van der Waals surface area contributed by atoms with Crippen molar-refractivity contribution in [2.45, 2.75) is 174 Å². The van der Waals surface area contributed by atoms with Crippen LogP contribution in [-0.2, 0) is 13.0 Å². The zero-order valence-corrected chi connectivity index (χ0v) is 24.1. The van der Waals surface area contributed by atoms with Crippen molar-refractivity contribution in [2.75, 3.05) is 0 Å². The Balaban J connectivity index is 1.92. The lowest BCUT2D eigenvalue weighted by molar-refractivity contribution is -0.697. The summed E-state index contributed by atoms with van der Waals surface area (Å²) in [6.45, 7) is 5.76. The van der Waals surface area contributed by atoms with E-state index >= 15 is 0 Å². The van der Waals surface area contributed by atoms with Crippen molar-refractivity contribution < 1.29 is 4.57 Å². The van der Waals surface area contributed by atoms with E-state index in [1.54, 1.807) is 0 Å². The topological polar surface area (TPSA) is 3.88 Å². The second-order valence-corrected chi connectivity index (χ2v) is 11.0. The number of unbranched alkanes of at least 4 members (excludes halogenated alkanes) is 20. The van der Waals surface area contributed by atoms with Gasteiger partial charge in [-0.05, 0) is 44.6 Å². The van der Waals surface area contributed by atoms with Crippen LogP contribution in [0, 0.1) is 0 Å². The van der Waals surface area contributed by atoms with Crippen LogP contribution < -0.4 is 4.57 Å². The van der Waals surface area contributed by atoms with Gasteiger partial charge in [0.15, 0.2) is 12.4 Å². The van der Waals surface area contributed by atoms with E-state index in [4.69, 9.17) is 0 Å². The number of aromatic nitrogens is 1. The average Bonchev–Trinajstić information content (AvgIpc) is 2.88. The van der Waals surface area contributed by atoms with Crippen LogP contribution in [0.5, 0.6) is 0 Å². The van der Waals surface area contributed by atoms with Crippen LogP contribution in [0.4, 0.5) is 0 Å². The molecule has 0 amide bonds. The first kappa shape index (κ1) is 31.9. The summed E-state index contributed by atoms with van der Waals surface area (Å²) in [4.78, 5) is 0. The standard InChI is InChI=1S/C34H62N/c1-3-5-7-9-11-13-15-16-17-19-21-23-25-27-31-35-32-28-30-34(33-35)29-26-24-22-20-18-14-12-10-8-6-4-2/h9,11,28,30,32-33H,3-8,10,12-27,29,31H2,1-2H3/q+1/b11-9-. The van der Waals surface area contributed by atoms with Crippen molar-refractivity contribution in [3.05, 3.63) is 42.2 Å². The number of hydrogen-bond acceptors (Lipinski definition) is 0. The number of rotatable bonds is 26.